The van der Waals surface area contributed by atoms with Crippen LogP contribution >= 0.6 is 0 Å². The Morgan fingerprint density at radius 1 is 1.04 bits per heavy atom. The average Bonchev–Trinajstić information content (AvgIpc) is 3.52. The summed E-state index contributed by atoms with van der Waals surface area (Å²) in [7, 11) is 0. The summed E-state index contributed by atoms with van der Waals surface area (Å²) in [5, 5.41) is 0. The Morgan fingerprint density at radius 3 is 2.44 bits per heavy atom. The number of carbonyl (C=O) groups is 1. The highest BCUT2D eigenvalue weighted by Crippen LogP contribution is 2.36. The lowest BCUT2D eigenvalue weighted by atomic mass is 10.00. The van der Waals surface area contributed by atoms with E-state index in [2.05, 4.69) is 0 Å². The maximum absolute atomic E-state index is 13.0. The summed E-state index contributed by atoms with van der Waals surface area (Å²) in [5.74, 6) is 0.454. The van der Waals surface area contributed by atoms with Crippen LogP contribution in [0, 0.1) is 5.92 Å². The molecule has 27 heavy (non-hydrogen) atoms. The molecule has 0 spiro atoms. The SMILES string of the molecule is O=C(c1cccc(-c2cccc(C(F)(F)F)c2)c1)N1CCOC(C2CC2)C1. The van der Waals surface area contributed by atoms with Gasteiger partial charge in [-0.15, -0.1) is 0 Å². The van der Waals surface area contributed by atoms with Gasteiger partial charge < -0.3 is 9.64 Å². The van der Waals surface area contributed by atoms with Gasteiger partial charge in [0.2, 0.25) is 0 Å². The molecule has 0 aromatic heterocycles. The zero-order valence-corrected chi connectivity index (χ0v) is 14.7. The number of alkyl halides is 3. The molecule has 1 saturated heterocycles. The Balaban J connectivity index is 1.56. The van der Waals surface area contributed by atoms with E-state index in [1.54, 1.807) is 35.2 Å². The average molecular weight is 375 g/mol. The molecule has 1 unspecified atom stereocenters. The van der Waals surface area contributed by atoms with Crippen LogP contribution in [-0.2, 0) is 10.9 Å². The molecule has 0 N–H and O–H groups in total. The summed E-state index contributed by atoms with van der Waals surface area (Å²) in [4.78, 5) is 14.7. The topological polar surface area (TPSA) is 29.5 Å². The molecule has 3 nitrogen and oxygen atoms in total. The second-order valence-corrected chi connectivity index (χ2v) is 7.16. The molecule has 1 aliphatic heterocycles. The Morgan fingerprint density at radius 2 is 1.74 bits per heavy atom. The van der Waals surface area contributed by atoms with Crippen molar-refractivity contribution in [2.75, 3.05) is 19.7 Å². The van der Waals surface area contributed by atoms with Gasteiger partial charge in [-0.1, -0.05) is 24.3 Å². The first kappa shape index (κ1) is 18.0. The van der Waals surface area contributed by atoms with Crippen LogP contribution in [0.3, 0.4) is 0 Å². The van der Waals surface area contributed by atoms with E-state index in [4.69, 9.17) is 4.74 Å². The third kappa shape index (κ3) is 4.00. The molecule has 1 atom stereocenters. The molecule has 2 aromatic carbocycles. The summed E-state index contributed by atoms with van der Waals surface area (Å²) >= 11 is 0. The number of rotatable bonds is 3. The van der Waals surface area contributed by atoms with Crippen molar-refractivity contribution in [2.45, 2.75) is 25.1 Å². The lowest BCUT2D eigenvalue weighted by molar-refractivity contribution is -0.137. The van der Waals surface area contributed by atoms with Crippen molar-refractivity contribution in [2.24, 2.45) is 5.92 Å². The number of hydrogen-bond acceptors (Lipinski definition) is 2. The number of carbonyl (C=O) groups excluding carboxylic acids is 1. The van der Waals surface area contributed by atoms with Crippen molar-refractivity contribution in [3.63, 3.8) is 0 Å². The van der Waals surface area contributed by atoms with E-state index in [0.717, 1.165) is 25.0 Å². The maximum atomic E-state index is 13.0. The molecule has 6 heteroatoms. The zero-order chi connectivity index (χ0) is 19.0. The highest BCUT2D eigenvalue weighted by Gasteiger charge is 2.36. The van der Waals surface area contributed by atoms with E-state index in [1.165, 1.54) is 6.07 Å². The van der Waals surface area contributed by atoms with Gasteiger partial charge in [-0.05, 0) is 54.2 Å². The van der Waals surface area contributed by atoms with Gasteiger partial charge in [0.1, 0.15) is 0 Å². The van der Waals surface area contributed by atoms with E-state index < -0.39 is 11.7 Å². The number of nitrogens with zero attached hydrogens (tertiary/aromatic N) is 1. The number of morpholine rings is 1. The van der Waals surface area contributed by atoms with Crippen molar-refractivity contribution in [3.8, 4) is 11.1 Å². The molecule has 2 aliphatic rings. The maximum Gasteiger partial charge on any atom is 0.416 e. The molecule has 1 aliphatic carbocycles. The van der Waals surface area contributed by atoms with Crippen LogP contribution in [-0.4, -0.2) is 36.6 Å². The van der Waals surface area contributed by atoms with Crippen LogP contribution in [0.5, 0.6) is 0 Å². The fourth-order valence-electron chi connectivity index (χ4n) is 3.50. The summed E-state index contributed by atoms with van der Waals surface area (Å²) in [6.07, 6.45) is -1.99. The van der Waals surface area contributed by atoms with E-state index in [0.29, 0.717) is 42.3 Å². The highest BCUT2D eigenvalue weighted by molar-refractivity contribution is 5.95. The van der Waals surface area contributed by atoms with Gasteiger partial charge in [0.05, 0.1) is 18.3 Å². The lowest BCUT2D eigenvalue weighted by Crippen LogP contribution is -2.46. The van der Waals surface area contributed by atoms with Gasteiger partial charge in [0.15, 0.2) is 0 Å². The fourth-order valence-corrected chi connectivity index (χ4v) is 3.50. The lowest BCUT2D eigenvalue weighted by Gasteiger charge is -2.33. The third-order valence-electron chi connectivity index (χ3n) is 5.16. The van der Waals surface area contributed by atoms with Gasteiger partial charge in [-0.25, -0.2) is 0 Å². The minimum Gasteiger partial charge on any atom is -0.374 e. The van der Waals surface area contributed by atoms with Crippen LogP contribution < -0.4 is 0 Å². The van der Waals surface area contributed by atoms with Gasteiger partial charge in [-0.3, -0.25) is 4.79 Å². The highest BCUT2D eigenvalue weighted by atomic mass is 19.4. The molecule has 142 valence electrons. The van der Waals surface area contributed by atoms with Crippen molar-refractivity contribution in [1.29, 1.82) is 0 Å². The Labute approximate surface area is 155 Å². The predicted molar refractivity (Wildman–Crippen MR) is 95.2 cm³/mol. The van der Waals surface area contributed by atoms with Crippen molar-refractivity contribution in [1.82, 2.24) is 4.90 Å². The predicted octanol–water partition coefficient (Wildman–Crippen LogP) is 4.62. The standard InChI is InChI=1S/C21H20F3NO2/c22-21(23,24)18-6-2-4-16(12-18)15-3-1-5-17(11-15)20(26)25-9-10-27-19(13-25)14-7-8-14/h1-6,11-12,14,19H,7-10,13H2. The number of hydrogen-bond donors (Lipinski definition) is 0. The van der Waals surface area contributed by atoms with Gasteiger partial charge >= 0.3 is 6.18 Å². The van der Waals surface area contributed by atoms with Crippen LogP contribution in [0.25, 0.3) is 11.1 Å². The molecule has 4 rings (SSSR count). The number of amides is 1. The van der Waals surface area contributed by atoms with Crippen LogP contribution in [0.1, 0.15) is 28.8 Å². The minimum atomic E-state index is -4.39. The first-order valence-corrected chi connectivity index (χ1v) is 9.10. The largest absolute Gasteiger partial charge is 0.416 e. The molecule has 0 radical (unpaired) electrons. The second kappa shape index (κ2) is 7.00. The Kier molecular flexibility index (Phi) is 4.68. The third-order valence-corrected chi connectivity index (χ3v) is 5.16. The molecule has 1 heterocycles. The number of ether oxygens (including phenoxy) is 1. The Bertz CT molecular complexity index is 845. The van der Waals surface area contributed by atoms with E-state index in [9.17, 15) is 18.0 Å². The van der Waals surface area contributed by atoms with Crippen LogP contribution in [0.4, 0.5) is 13.2 Å². The summed E-state index contributed by atoms with van der Waals surface area (Å²) in [6, 6.07) is 12.0. The molecule has 2 fully saturated rings. The second-order valence-electron chi connectivity index (χ2n) is 7.16. The van der Waals surface area contributed by atoms with Gasteiger partial charge in [-0.2, -0.15) is 13.2 Å². The van der Waals surface area contributed by atoms with Crippen LogP contribution in [0.2, 0.25) is 0 Å². The summed E-state index contributed by atoms with van der Waals surface area (Å²) in [6.45, 7) is 1.65. The van der Waals surface area contributed by atoms with Crippen molar-refractivity contribution >= 4 is 5.91 Å². The summed E-state index contributed by atoms with van der Waals surface area (Å²) in [5.41, 5.74) is 0.829. The number of halogens is 3. The molecule has 2 aromatic rings. The quantitative estimate of drug-likeness (QED) is 0.783. The molecular weight excluding hydrogens is 355 g/mol. The molecule has 1 saturated carbocycles. The Hall–Kier alpha value is -2.34. The van der Waals surface area contributed by atoms with Crippen LogP contribution in [0.15, 0.2) is 48.5 Å². The van der Waals surface area contributed by atoms with Crippen molar-refractivity contribution in [3.05, 3.63) is 59.7 Å². The first-order valence-electron chi connectivity index (χ1n) is 9.10. The fraction of sp³-hybridized carbons (Fsp3) is 0.381. The monoisotopic (exact) mass is 375 g/mol. The molecule has 0 bridgehead atoms. The summed E-state index contributed by atoms with van der Waals surface area (Å²) < 4.78 is 44.7. The number of benzene rings is 2. The van der Waals surface area contributed by atoms with Gasteiger partial charge in [0, 0.05) is 18.7 Å². The minimum absolute atomic E-state index is 0.0993. The van der Waals surface area contributed by atoms with Gasteiger partial charge in [0.25, 0.3) is 5.91 Å². The normalized spacial score (nSPS) is 20.6. The zero-order valence-electron chi connectivity index (χ0n) is 14.7. The smallest absolute Gasteiger partial charge is 0.374 e. The first-order chi connectivity index (χ1) is 12.9. The van der Waals surface area contributed by atoms with E-state index >= 15 is 0 Å². The molecule has 1 amide bonds. The van der Waals surface area contributed by atoms with E-state index in [1.807, 2.05) is 0 Å². The molecular formula is C21H20F3NO2. The van der Waals surface area contributed by atoms with E-state index in [-0.39, 0.29) is 12.0 Å². The van der Waals surface area contributed by atoms with Crippen molar-refractivity contribution < 1.29 is 22.7 Å².